The zero-order chi connectivity index (χ0) is 16.8. The summed E-state index contributed by atoms with van der Waals surface area (Å²) in [5, 5.41) is 0.928. The van der Waals surface area contributed by atoms with Crippen LogP contribution in [0.25, 0.3) is 0 Å². The zero-order valence-corrected chi connectivity index (χ0v) is 14.1. The monoisotopic (exact) mass is 354 g/mol. The second-order valence-corrected chi connectivity index (χ2v) is 5.66. The van der Waals surface area contributed by atoms with Gasteiger partial charge in [0.15, 0.2) is 5.75 Å². The first-order chi connectivity index (χ1) is 11.7. The van der Waals surface area contributed by atoms with Gasteiger partial charge in [0.2, 0.25) is 0 Å². The zero-order valence-electron chi connectivity index (χ0n) is 12.5. The molecule has 0 spiro atoms. The molecule has 24 heavy (non-hydrogen) atoms. The first-order valence-electron chi connectivity index (χ1n) is 7.17. The molecule has 0 N–H and O–H groups in total. The maximum Gasteiger partial charge on any atom is 0.155 e. The van der Waals surface area contributed by atoms with Crippen molar-refractivity contribution >= 4 is 23.2 Å². The van der Waals surface area contributed by atoms with E-state index in [4.69, 9.17) is 27.9 Å². The van der Waals surface area contributed by atoms with Gasteiger partial charge < -0.3 is 4.74 Å². The summed E-state index contributed by atoms with van der Waals surface area (Å²) < 4.78 is 5.87. The van der Waals surface area contributed by atoms with Crippen molar-refractivity contribution in [3.05, 3.63) is 87.9 Å². The second-order valence-electron chi connectivity index (χ2n) is 4.85. The first-order valence-corrected chi connectivity index (χ1v) is 7.92. The van der Waals surface area contributed by atoms with E-state index in [9.17, 15) is 0 Å². The molecule has 0 aliphatic carbocycles. The fraction of sp³-hybridized carbons (Fsp3) is 0.0526. The smallest absolute Gasteiger partial charge is 0.155 e. The highest BCUT2D eigenvalue weighted by atomic mass is 35.5. The van der Waals surface area contributed by atoms with Gasteiger partial charge >= 0.3 is 0 Å². The maximum absolute atomic E-state index is 6.27. The van der Waals surface area contributed by atoms with Gasteiger partial charge in [-0.2, -0.15) is 0 Å². The van der Waals surface area contributed by atoms with E-state index in [1.807, 2.05) is 30.3 Å². The minimum absolute atomic E-state index is 0.376. The van der Waals surface area contributed by atoms with Crippen LogP contribution in [0.1, 0.15) is 16.8 Å². The largest absolute Gasteiger partial charge is 0.486 e. The molecule has 0 atom stereocenters. The van der Waals surface area contributed by atoms with Crippen molar-refractivity contribution in [1.82, 2.24) is 9.97 Å². The number of hydrogen-bond donors (Lipinski definition) is 0. The molecule has 0 fully saturated rings. The van der Waals surface area contributed by atoms with E-state index in [1.54, 1.807) is 30.7 Å². The quantitative estimate of drug-likeness (QED) is 0.636. The molecule has 0 saturated carbocycles. The summed E-state index contributed by atoms with van der Waals surface area (Å²) >= 11 is 12.5. The Kier molecular flexibility index (Phi) is 5.32. The molecular formula is C19H12Cl2N2O. The van der Waals surface area contributed by atoms with Gasteiger partial charge in [-0.15, -0.1) is 0 Å². The molecule has 0 unspecified atom stereocenters. The predicted molar refractivity (Wildman–Crippen MR) is 95.2 cm³/mol. The minimum atomic E-state index is 0.376. The maximum atomic E-state index is 6.27. The Morgan fingerprint density at radius 3 is 2.46 bits per heavy atom. The van der Waals surface area contributed by atoms with Crippen LogP contribution >= 0.6 is 23.2 Å². The number of rotatable bonds is 3. The number of ether oxygens (including phenoxy) is 1. The molecule has 0 aliphatic heterocycles. The first kappa shape index (κ1) is 16.3. The van der Waals surface area contributed by atoms with Crippen LogP contribution in [0.3, 0.4) is 0 Å². The highest BCUT2D eigenvalue weighted by molar-refractivity contribution is 6.35. The van der Waals surface area contributed by atoms with Crippen LogP contribution in [0.2, 0.25) is 10.0 Å². The average molecular weight is 355 g/mol. The summed E-state index contributed by atoms with van der Waals surface area (Å²) in [6, 6.07) is 13.2. The normalized spacial score (nSPS) is 9.92. The Balaban J connectivity index is 1.91. The van der Waals surface area contributed by atoms with E-state index in [2.05, 4.69) is 21.8 Å². The van der Waals surface area contributed by atoms with Crippen molar-refractivity contribution in [3.63, 3.8) is 0 Å². The topological polar surface area (TPSA) is 35.0 Å². The molecule has 5 heteroatoms. The third kappa shape index (κ3) is 4.05. The van der Waals surface area contributed by atoms with Crippen LogP contribution in [0, 0.1) is 11.8 Å². The van der Waals surface area contributed by atoms with Gasteiger partial charge in [0.05, 0.1) is 21.8 Å². The molecular weight excluding hydrogens is 343 g/mol. The third-order valence-corrected chi connectivity index (χ3v) is 3.78. The lowest BCUT2D eigenvalue weighted by Gasteiger charge is -2.11. The lowest BCUT2D eigenvalue weighted by molar-refractivity contribution is 0.305. The van der Waals surface area contributed by atoms with Crippen LogP contribution in [-0.2, 0) is 6.61 Å². The van der Waals surface area contributed by atoms with Gasteiger partial charge in [0.25, 0.3) is 0 Å². The fourth-order valence-corrected chi connectivity index (χ4v) is 2.42. The SMILES string of the molecule is Clc1ccc(Cl)c(OCc2ccccc2)c1C#Cc1cnccn1. The van der Waals surface area contributed by atoms with E-state index in [0.717, 1.165) is 5.56 Å². The van der Waals surface area contributed by atoms with Crippen LogP contribution < -0.4 is 4.74 Å². The van der Waals surface area contributed by atoms with Crippen molar-refractivity contribution in [2.75, 3.05) is 0 Å². The third-order valence-electron chi connectivity index (χ3n) is 3.16. The van der Waals surface area contributed by atoms with E-state index >= 15 is 0 Å². The molecule has 118 valence electrons. The van der Waals surface area contributed by atoms with Gasteiger partial charge in [-0.1, -0.05) is 59.5 Å². The number of nitrogens with zero attached hydrogens (tertiary/aromatic N) is 2. The molecule has 0 radical (unpaired) electrons. The minimum Gasteiger partial charge on any atom is -0.486 e. The Labute approximate surface area is 150 Å². The van der Waals surface area contributed by atoms with Gasteiger partial charge in [-0.25, -0.2) is 4.98 Å². The van der Waals surface area contributed by atoms with Crippen molar-refractivity contribution in [2.45, 2.75) is 6.61 Å². The van der Waals surface area contributed by atoms with Gasteiger partial charge in [0, 0.05) is 12.4 Å². The number of halogens is 2. The fourth-order valence-electron chi connectivity index (χ4n) is 2.01. The predicted octanol–water partition coefficient (Wildman–Crippen LogP) is 4.76. The van der Waals surface area contributed by atoms with Gasteiger partial charge in [0.1, 0.15) is 12.3 Å². The molecule has 2 aromatic carbocycles. The summed E-state index contributed by atoms with van der Waals surface area (Å²) in [5.41, 5.74) is 2.11. The Hall–Kier alpha value is -2.54. The molecule has 1 heterocycles. The molecule has 0 aliphatic rings. The molecule has 0 amide bonds. The Morgan fingerprint density at radius 1 is 0.917 bits per heavy atom. The Bertz CT molecular complexity index is 888. The molecule has 0 bridgehead atoms. The van der Waals surface area contributed by atoms with E-state index < -0.39 is 0 Å². The highest BCUT2D eigenvalue weighted by Gasteiger charge is 2.11. The number of benzene rings is 2. The van der Waals surface area contributed by atoms with Gasteiger partial charge in [-0.05, 0) is 23.6 Å². The summed E-state index contributed by atoms with van der Waals surface area (Å²) in [5.74, 6) is 6.36. The van der Waals surface area contributed by atoms with Crippen molar-refractivity contribution in [3.8, 4) is 17.6 Å². The Morgan fingerprint density at radius 2 is 1.71 bits per heavy atom. The van der Waals surface area contributed by atoms with E-state index in [0.29, 0.717) is 33.7 Å². The van der Waals surface area contributed by atoms with Crippen molar-refractivity contribution in [2.24, 2.45) is 0 Å². The standard InChI is InChI=1S/C19H12Cl2N2O/c20-17-8-9-18(21)19(24-13-14-4-2-1-3-5-14)16(17)7-6-15-12-22-10-11-23-15/h1-5,8-12H,13H2. The summed E-state index contributed by atoms with van der Waals surface area (Å²) in [6.45, 7) is 0.376. The lowest BCUT2D eigenvalue weighted by atomic mass is 10.2. The molecule has 3 nitrogen and oxygen atoms in total. The van der Waals surface area contributed by atoms with E-state index in [1.165, 1.54) is 0 Å². The average Bonchev–Trinajstić information content (AvgIpc) is 2.63. The summed E-state index contributed by atoms with van der Waals surface area (Å²) in [4.78, 5) is 8.10. The van der Waals surface area contributed by atoms with Crippen LogP contribution in [-0.4, -0.2) is 9.97 Å². The lowest BCUT2D eigenvalue weighted by Crippen LogP contribution is -1.98. The van der Waals surface area contributed by atoms with Crippen LogP contribution in [0.5, 0.6) is 5.75 Å². The van der Waals surface area contributed by atoms with Gasteiger partial charge in [-0.3, -0.25) is 4.98 Å². The van der Waals surface area contributed by atoms with Crippen molar-refractivity contribution < 1.29 is 4.74 Å². The summed E-state index contributed by atoms with van der Waals surface area (Å²) in [7, 11) is 0. The molecule has 3 aromatic rings. The van der Waals surface area contributed by atoms with E-state index in [-0.39, 0.29) is 0 Å². The number of hydrogen-bond acceptors (Lipinski definition) is 3. The van der Waals surface area contributed by atoms with Crippen LogP contribution in [0.15, 0.2) is 61.1 Å². The van der Waals surface area contributed by atoms with Crippen LogP contribution in [0.4, 0.5) is 0 Å². The number of aromatic nitrogens is 2. The molecule has 1 aromatic heterocycles. The molecule has 3 rings (SSSR count). The second kappa shape index (κ2) is 7.83. The molecule has 0 saturated heterocycles. The highest BCUT2D eigenvalue weighted by Crippen LogP contribution is 2.34. The van der Waals surface area contributed by atoms with Crippen molar-refractivity contribution in [1.29, 1.82) is 0 Å². The summed E-state index contributed by atoms with van der Waals surface area (Å²) in [6.07, 6.45) is 4.75.